The smallest absolute Gasteiger partial charge is 0.196 e. The zero-order valence-electron chi connectivity index (χ0n) is 14.7. The normalized spacial score (nSPS) is 12.4. The molecule has 0 aliphatic heterocycles. The summed E-state index contributed by atoms with van der Waals surface area (Å²) in [5, 5.41) is 0. The molecule has 0 N–H and O–H groups in total. The van der Waals surface area contributed by atoms with Gasteiger partial charge >= 0.3 is 0 Å². The Morgan fingerprint density at radius 1 is 0.880 bits per heavy atom. The van der Waals surface area contributed by atoms with Crippen molar-refractivity contribution in [2.75, 3.05) is 0 Å². The van der Waals surface area contributed by atoms with E-state index in [1.807, 2.05) is 32.0 Å². The summed E-state index contributed by atoms with van der Waals surface area (Å²) in [4.78, 5) is 25.5. The summed E-state index contributed by atoms with van der Waals surface area (Å²) in [5.41, 5.74) is 3.19. The van der Waals surface area contributed by atoms with Crippen LogP contribution in [0.25, 0.3) is 0 Å². The zero-order chi connectivity index (χ0) is 18.6. The van der Waals surface area contributed by atoms with E-state index in [1.165, 1.54) is 30.6 Å². The topological polar surface area (TPSA) is 34.1 Å². The van der Waals surface area contributed by atoms with Crippen LogP contribution in [0.3, 0.4) is 0 Å². The molecule has 5 heteroatoms. The first-order valence-electron chi connectivity index (χ1n) is 8.74. The number of carbonyl (C=O) groups is 2. The molecule has 1 aromatic heterocycles. The molecule has 0 amide bonds. The van der Waals surface area contributed by atoms with Gasteiger partial charge in [0.25, 0.3) is 0 Å². The van der Waals surface area contributed by atoms with Crippen LogP contribution in [0.2, 0.25) is 0 Å². The summed E-state index contributed by atoms with van der Waals surface area (Å²) < 4.78 is 1.43. The van der Waals surface area contributed by atoms with Crippen molar-refractivity contribution in [2.45, 2.75) is 52.9 Å². The Balaban J connectivity index is 0.00000109. The van der Waals surface area contributed by atoms with Gasteiger partial charge in [-0.15, -0.1) is 11.3 Å². The molecule has 2 aromatic rings. The Kier molecular flexibility index (Phi) is 7.59. The molecule has 25 heavy (non-hydrogen) atoms. The van der Waals surface area contributed by atoms with E-state index >= 15 is 0 Å². The molecule has 0 unspecified atom stereocenters. The molecular weight excluding hydrogens is 464 g/mol. The number of hydrogen-bond donors (Lipinski definition) is 0. The number of ketones is 2. The van der Waals surface area contributed by atoms with E-state index in [0.717, 1.165) is 22.2 Å². The van der Waals surface area contributed by atoms with Crippen molar-refractivity contribution in [3.8, 4) is 0 Å². The van der Waals surface area contributed by atoms with Gasteiger partial charge in [0.15, 0.2) is 11.6 Å². The van der Waals surface area contributed by atoms with Gasteiger partial charge < -0.3 is 0 Å². The van der Waals surface area contributed by atoms with E-state index in [0.29, 0.717) is 26.0 Å². The summed E-state index contributed by atoms with van der Waals surface area (Å²) in [6.45, 7) is 6.19. The summed E-state index contributed by atoms with van der Waals surface area (Å²) in [6.07, 6.45) is 5.72. The summed E-state index contributed by atoms with van der Waals surface area (Å²) in [6, 6.07) is 5.70. The molecule has 3 rings (SSSR count). The molecule has 0 spiro atoms. The number of hydrogen-bond acceptors (Lipinski definition) is 3. The molecule has 1 aliphatic rings. The fourth-order valence-electron chi connectivity index (χ4n) is 2.94. The molecule has 2 nitrogen and oxygen atoms in total. The molecule has 0 saturated carbocycles. The molecule has 0 atom stereocenters. The monoisotopic (exact) mass is 484 g/mol. The highest BCUT2D eigenvalue weighted by molar-refractivity contribution is 9.12. The first kappa shape index (κ1) is 20.5. The second-order valence-electron chi connectivity index (χ2n) is 5.75. The van der Waals surface area contributed by atoms with Crippen LogP contribution in [0, 0.1) is 0 Å². The van der Waals surface area contributed by atoms with Crippen LogP contribution in [0.4, 0.5) is 0 Å². The minimum absolute atomic E-state index is 0.0566. The number of benzene rings is 1. The Hall–Kier alpha value is -0.780. The Morgan fingerprint density at radius 2 is 1.48 bits per heavy atom. The van der Waals surface area contributed by atoms with Crippen LogP contribution in [0.1, 0.15) is 83.9 Å². The number of carbonyl (C=O) groups excluding carboxylic acids is 2. The molecule has 0 saturated heterocycles. The first-order chi connectivity index (χ1) is 12.0. The van der Waals surface area contributed by atoms with Crippen LogP contribution >= 0.6 is 43.2 Å². The molecule has 1 heterocycles. The number of rotatable bonds is 5. The summed E-state index contributed by atoms with van der Waals surface area (Å²) in [5.74, 6) is -0.125. The number of fused-ring (bicyclic) bond motifs is 2. The average molecular weight is 486 g/mol. The van der Waals surface area contributed by atoms with Crippen molar-refractivity contribution in [3.63, 3.8) is 0 Å². The van der Waals surface area contributed by atoms with Crippen LogP contribution in [-0.2, 0) is 6.42 Å². The van der Waals surface area contributed by atoms with E-state index in [2.05, 4.69) is 38.8 Å². The standard InChI is InChI=1S/C18H16Br2O2S.C2H6/c1-2-3-4-5-6-10-7-8-11-12(9-10)16(22)14-13(15(11)21)17(19)23-18(14)20;1-2/h7-9H,2-6H2,1H3;1-2H3. The maximum absolute atomic E-state index is 12.8. The van der Waals surface area contributed by atoms with Gasteiger partial charge in [-0.2, -0.15) is 0 Å². The Labute approximate surface area is 170 Å². The highest BCUT2D eigenvalue weighted by Gasteiger charge is 2.35. The molecule has 0 radical (unpaired) electrons. The van der Waals surface area contributed by atoms with E-state index < -0.39 is 0 Å². The van der Waals surface area contributed by atoms with E-state index in [-0.39, 0.29) is 11.6 Å². The largest absolute Gasteiger partial charge is 0.288 e. The zero-order valence-corrected chi connectivity index (χ0v) is 18.7. The Bertz CT molecular complexity index is 793. The van der Waals surface area contributed by atoms with Crippen molar-refractivity contribution in [1.29, 1.82) is 0 Å². The lowest BCUT2D eigenvalue weighted by Gasteiger charge is -2.16. The first-order valence-corrected chi connectivity index (χ1v) is 11.1. The number of halogens is 2. The summed E-state index contributed by atoms with van der Waals surface area (Å²) in [7, 11) is 0. The quantitative estimate of drug-likeness (QED) is 0.358. The second kappa shape index (κ2) is 9.24. The fourth-order valence-corrected chi connectivity index (χ4v) is 6.07. The fraction of sp³-hybridized carbons (Fsp3) is 0.400. The highest BCUT2D eigenvalue weighted by Crippen LogP contribution is 2.42. The van der Waals surface area contributed by atoms with Crippen LogP contribution in [0.5, 0.6) is 0 Å². The predicted molar refractivity (Wildman–Crippen MR) is 112 cm³/mol. The van der Waals surface area contributed by atoms with Crippen molar-refractivity contribution in [1.82, 2.24) is 0 Å². The van der Waals surface area contributed by atoms with E-state index in [9.17, 15) is 9.59 Å². The molecule has 1 aromatic carbocycles. The number of thiophene rings is 1. The van der Waals surface area contributed by atoms with Gasteiger partial charge in [0.05, 0.1) is 18.7 Å². The van der Waals surface area contributed by atoms with Crippen molar-refractivity contribution < 1.29 is 9.59 Å². The molecule has 134 valence electrons. The maximum Gasteiger partial charge on any atom is 0.196 e. The van der Waals surface area contributed by atoms with Gasteiger partial charge in [0, 0.05) is 11.1 Å². The van der Waals surface area contributed by atoms with Crippen molar-refractivity contribution in [3.05, 3.63) is 53.6 Å². The molecule has 1 aliphatic carbocycles. The number of aryl methyl sites for hydroxylation is 1. The van der Waals surface area contributed by atoms with Crippen LogP contribution in [0.15, 0.2) is 25.8 Å². The lowest BCUT2D eigenvalue weighted by atomic mass is 9.85. The van der Waals surface area contributed by atoms with Gasteiger partial charge in [-0.3, -0.25) is 9.59 Å². The average Bonchev–Trinajstić information content (AvgIpc) is 2.93. The van der Waals surface area contributed by atoms with Gasteiger partial charge in [0.1, 0.15) is 0 Å². The Morgan fingerprint density at radius 3 is 2.08 bits per heavy atom. The maximum atomic E-state index is 12.8. The van der Waals surface area contributed by atoms with Gasteiger partial charge in [-0.1, -0.05) is 52.2 Å². The van der Waals surface area contributed by atoms with Crippen molar-refractivity contribution >= 4 is 54.8 Å². The lowest BCUT2D eigenvalue weighted by molar-refractivity contribution is 0.0979. The molecule has 0 fully saturated rings. The lowest BCUT2D eigenvalue weighted by Crippen LogP contribution is -2.20. The highest BCUT2D eigenvalue weighted by atomic mass is 79.9. The van der Waals surface area contributed by atoms with E-state index in [1.54, 1.807) is 0 Å². The SMILES string of the molecule is CC.CCCCCCc1ccc2c(c1)C(=O)c1c(Br)sc(Br)c1C2=O. The van der Waals surface area contributed by atoms with Gasteiger partial charge in [-0.05, 0) is 56.3 Å². The van der Waals surface area contributed by atoms with Gasteiger partial charge in [0.2, 0.25) is 0 Å². The van der Waals surface area contributed by atoms with E-state index in [4.69, 9.17) is 0 Å². The third kappa shape index (κ3) is 4.15. The second-order valence-corrected chi connectivity index (χ2v) is 9.40. The molecule has 0 bridgehead atoms. The summed E-state index contributed by atoms with van der Waals surface area (Å²) >= 11 is 8.20. The van der Waals surface area contributed by atoms with Gasteiger partial charge in [-0.25, -0.2) is 0 Å². The minimum Gasteiger partial charge on any atom is -0.288 e. The minimum atomic E-state index is -0.0686. The van der Waals surface area contributed by atoms with Crippen LogP contribution in [-0.4, -0.2) is 11.6 Å². The third-order valence-corrected chi connectivity index (χ3v) is 6.70. The number of unbranched alkanes of at least 4 members (excludes halogenated alkanes) is 3. The van der Waals surface area contributed by atoms with Crippen LogP contribution < -0.4 is 0 Å². The van der Waals surface area contributed by atoms with Crippen molar-refractivity contribution in [2.24, 2.45) is 0 Å². The third-order valence-electron chi connectivity index (χ3n) is 4.17. The predicted octanol–water partition coefficient (Wildman–Crippen LogP) is 7.20. The molecular formula is C20H22Br2O2S.